The van der Waals surface area contributed by atoms with Gasteiger partial charge in [-0.25, -0.2) is 0 Å². The van der Waals surface area contributed by atoms with Crippen LogP contribution in [0.2, 0.25) is 0 Å². The summed E-state index contributed by atoms with van der Waals surface area (Å²) in [6, 6.07) is 0. The van der Waals surface area contributed by atoms with Crippen molar-refractivity contribution in [2.75, 3.05) is 13.2 Å². The summed E-state index contributed by atoms with van der Waals surface area (Å²) >= 11 is 0. The Morgan fingerprint density at radius 3 is 0.793 bits per heavy atom. The van der Waals surface area contributed by atoms with Crippen LogP contribution in [-0.2, 0) is 28.6 Å². The highest BCUT2D eigenvalue weighted by Gasteiger charge is 2.19. The summed E-state index contributed by atoms with van der Waals surface area (Å²) in [5.41, 5.74) is 0. The van der Waals surface area contributed by atoms with E-state index in [-0.39, 0.29) is 31.1 Å². The molecule has 0 aliphatic rings. The number of allylic oxidation sites excluding steroid dienone is 24. The Morgan fingerprint density at radius 1 is 0.256 bits per heavy atom. The predicted octanol–water partition coefficient (Wildman–Crippen LogP) is 23.5. The fourth-order valence-electron chi connectivity index (χ4n) is 9.04. The molecule has 0 radical (unpaired) electrons. The van der Waals surface area contributed by atoms with E-state index in [0.717, 1.165) is 167 Å². The number of ether oxygens (including phenoxy) is 3. The van der Waals surface area contributed by atoms with E-state index in [9.17, 15) is 14.4 Å². The molecule has 0 aromatic heterocycles. The van der Waals surface area contributed by atoms with Crippen LogP contribution in [0.1, 0.15) is 297 Å². The normalized spacial score (nSPS) is 13.1. The van der Waals surface area contributed by atoms with E-state index in [1.807, 2.05) is 0 Å². The molecule has 6 nitrogen and oxygen atoms in total. The van der Waals surface area contributed by atoms with Gasteiger partial charge in [-0.15, -0.1) is 0 Å². The lowest BCUT2D eigenvalue weighted by Gasteiger charge is -2.18. The van der Waals surface area contributed by atoms with Gasteiger partial charge in [0.2, 0.25) is 0 Å². The highest BCUT2D eigenvalue weighted by molar-refractivity contribution is 5.71. The van der Waals surface area contributed by atoms with Crippen LogP contribution in [-0.4, -0.2) is 37.2 Å². The van der Waals surface area contributed by atoms with Crippen LogP contribution < -0.4 is 0 Å². The van der Waals surface area contributed by atoms with Crippen LogP contribution in [0, 0.1) is 0 Å². The van der Waals surface area contributed by atoms with Crippen molar-refractivity contribution in [3.8, 4) is 0 Å². The summed E-state index contributed by atoms with van der Waals surface area (Å²) in [5.74, 6) is -0.929. The molecule has 0 amide bonds. The molecule has 0 N–H and O–H groups in total. The zero-order valence-corrected chi connectivity index (χ0v) is 53.2. The van der Waals surface area contributed by atoms with Gasteiger partial charge in [-0.3, -0.25) is 14.4 Å². The summed E-state index contributed by atoms with van der Waals surface area (Å²) < 4.78 is 16.9. The lowest BCUT2D eigenvalue weighted by atomic mass is 10.0. The minimum atomic E-state index is -0.798. The van der Waals surface area contributed by atoms with Crippen LogP contribution in [0.25, 0.3) is 0 Å². The Morgan fingerprint density at radius 2 is 0.500 bits per heavy atom. The molecule has 6 heteroatoms. The van der Waals surface area contributed by atoms with Crippen molar-refractivity contribution in [2.24, 2.45) is 0 Å². The molecule has 0 bridgehead atoms. The van der Waals surface area contributed by atoms with Crippen molar-refractivity contribution >= 4 is 17.9 Å². The monoisotopic (exact) mass is 1130 g/mol. The SMILES string of the molecule is CC/C=C\C/C=C\C/C=C\C/C=C\C/C=C\C/C=C\C/C=C\C/C=C\C/C=C\C/C=C\CCCCCCC(=O)OCC(COC(=O)CCCCCCC/C=C\C/C=C\CCC)OC(=O)CCCCCCCCCCCCCCCCCC. The summed E-state index contributed by atoms with van der Waals surface area (Å²) in [6.07, 6.45) is 98.6. The first-order chi connectivity index (χ1) is 40.5. The van der Waals surface area contributed by atoms with E-state index in [1.165, 1.54) is 89.9 Å². The van der Waals surface area contributed by atoms with Gasteiger partial charge in [0.25, 0.3) is 0 Å². The summed E-state index contributed by atoms with van der Waals surface area (Å²) in [7, 11) is 0. The van der Waals surface area contributed by atoms with Crippen molar-refractivity contribution in [3.05, 3.63) is 146 Å². The highest BCUT2D eigenvalue weighted by Crippen LogP contribution is 2.16. The van der Waals surface area contributed by atoms with Crippen LogP contribution in [0.3, 0.4) is 0 Å². The topological polar surface area (TPSA) is 78.9 Å². The second kappa shape index (κ2) is 68.8. The minimum Gasteiger partial charge on any atom is -0.462 e. The Kier molecular flexibility index (Phi) is 64.8. The molecular weight excluding hydrogens is 1010 g/mol. The zero-order valence-electron chi connectivity index (χ0n) is 53.2. The largest absolute Gasteiger partial charge is 0.462 e. The van der Waals surface area contributed by atoms with Gasteiger partial charge in [0.1, 0.15) is 13.2 Å². The van der Waals surface area contributed by atoms with E-state index in [0.29, 0.717) is 19.3 Å². The molecule has 0 aromatic rings. The van der Waals surface area contributed by atoms with Gasteiger partial charge < -0.3 is 14.2 Å². The molecule has 0 aliphatic heterocycles. The number of hydrogen-bond acceptors (Lipinski definition) is 6. The summed E-state index contributed by atoms with van der Waals surface area (Å²) in [6.45, 7) is 6.44. The maximum Gasteiger partial charge on any atom is 0.306 e. The molecule has 0 fully saturated rings. The Labute approximate surface area is 506 Å². The Bertz CT molecular complexity index is 1780. The number of esters is 3. The summed E-state index contributed by atoms with van der Waals surface area (Å²) in [5, 5.41) is 0. The molecule has 0 aromatic carbocycles. The maximum absolute atomic E-state index is 12.9. The average molecular weight is 1130 g/mol. The number of rotatable bonds is 60. The quantitative estimate of drug-likeness (QED) is 0.0261. The van der Waals surface area contributed by atoms with Crippen molar-refractivity contribution < 1.29 is 28.6 Å². The maximum atomic E-state index is 12.9. The molecule has 0 saturated carbocycles. The van der Waals surface area contributed by atoms with E-state index >= 15 is 0 Å². The van der Waals surface area contributed by atoms with Crippen molar-refractivity contribution in [2.45, 2.75) is 303 Å². The molecular formula is C76H124O6. The van der Waals surface area contributed by atoms with Gasteiger partial charge in [-0.1, -0.05) is 301 Å². The molecule has 82 heavy (non-hydrogen) atoms. The molecule has 0 saturated heterocycles. The van der Waals surface area contributed by atoms with Gasteiger partial charge in [0.15, 0.2) is 6.10 Å². The number of unbranched alkanes of at least 4 members (excludes halogenated alkanes) is 25. The van der Waals surface area contributed by atoms with Gasteiger partial charge in [-0.05, 0) is 122 Å². The third kappa shape index (κ3) is 66.1. The number of hydrogen-bond donors (Lipinski definition) is 0. The van der Waals surface area contributed by atoms with Gasteiger partial charge >= 0.3 is 17.9 Å². The highest BCUT2D eigenvalue weighted by atomic mass is 16.6. The summed E-state index contributed by atoms with van der Waals surface area (Å²) in [4.78, 5) is 38.3. The van der Waals surface area contributed by atoms with Crippen LogP contribution >= 0.6 is 0 Å². The van der Waals surface area contributed by atoms with E-state index in [1.54, 1.807) is 0 Å². The third-order valence-electron chi connectivity index (χ3n) is 14.1. The molecule has 0 rings (SSSR count). The average Bonchev–Trinajstić information content (AvgIpc) is 3.47. The molecule has 0 heterocycles. The fraction of sp³-hybridized carbons (Fsp3) is 0.645. The second-order valence-electron chi connectivity index (χ2n) is 22.0. The molecule has 464 valence electrons. The van der Waals surface area contributed by atoms with Gasteiger partial charge in [-0.2, -0.15) is 0 Å². The lowest BCUT2D eigenvalue weighted by molar-refractivity contribution is -0.167. The fourth-order valence-corrected chi connectivity index (χ4v) is 9.04. The van der Waals surface area contributed by atoms with Gasteiger partial charge in [0.05, 0.1) is 0 Å². The molecule has 1 unspecified atom stereocenters. The Hall–Kier alpha value is -4.71. The van der Waals surface area contributed by atoms with E-state index in [2.05, 4.69) is 167 Å². The minimum absolute atomic E-state index is 0.0950. The van der Waals surface area contributed by atoms with Crippen LogP contribution in [0.4, 0.5) is 0 Å². The second-order valence-corrected chi connectivity index (χ2v) is 22.0. The molecule has 1 atom stereocenters. The molecule has 0 spiro atoms. The third-order valence-corrected chi connectivity index (χ3v) is 14.1. The first-order valence-corrected chi connectivity index (χ1v) is 33.8. The van der Waals surface area contributed by atoms with Crippen molar-refractivity contribution in [1.29, 1.82) is 0 Å². The number of carbonyl (C=O) groups is 3. The van der Waals surface area contributed by atoms with Crippen LogP contribution in [0.5, 0.6) is 0 Å². The smallest absolute Gasteiger partial charge is 0.306 e. The first-order valence-electron chi connectivity index (χ1n) is 33.8. The van der Waals surface area contributed by atoms with E-state index in [4.69, 9.17) is 14.2 Å². The number of carbonyl (C=O) groups excluding carboxylic acids is 3. The van der Waals surface area contributed by atoms with Crippen molar-refractivity contribution in [3.63, 3.8) is 0 Å². The Balaban J connectivity index is 4.32. The first kappa shape index (κ1) is 77.3. The standard InChI is InChI=1S/C76H124O6/c1-4-7-10-13-16-19-22-25-27-29-30-31-32-33-34-35-36-37-38-39-40-41-42-43-44-45-46-47-49-51-54-57-60-63-66-69-75(78)81-72-73(71-80-74(77)68-65-62-59-56-53-50-24-21-18-15-12-9-6-3)82-76(79)70-67-64-61-58-55-52-48-28-26-23-20-17-14-11-8-5-2/h7,10,12,15-16,19,21,24-25,27,30-31,33-34,36-37,39-40,42-43,45-46,49,51,73H,4-6,8-9,11,13-14,17-18,20,22-23,26,28-29,32,35,38,41,44,47-48,50,52-72H2,1-3H3/b10-7-,15-12-,19-16-,24-21-,27-25-,31-30-,34-33-,37-36-,40-39-,43-42-,46-45-,51-49-. The van der Waals surface area contributed by atoms with E-state index < -0.39 is 6.10 Å². The van der Waals surface area contributed by atoms with Crippen molar-refractivity contribution in [1.82, 2.24) is 0 Å². The molecule has 0 aliphatic carbocycles. The predicted molar refractivity (Wildman–Crippen MR) is 357 cm³/mol. The lowest BCUT2D eigenvalue weighted by Crippen LogP contribution is -2.30. The van der Waals surface area contributed by atoms with Gasteiger partial charge in [0, 0.05) is 19.3 Å². The zero-order chi connectivity index (χ0) is 59.2. The van der Waals surface area contributed by atoms with Crippen LogP contribution in [0.15, 0.2) is 146 Å².